The molecule has 0 spiro atoms. The summed E-state index contributed by atoms with van der Waals surface area (Å²) in [5, 5.41) is 18.9. The summed E-state index contributed by atoms with van der Waals surface area (Å²) in [4.78, 5) is 11.0. The molecule has 0 saturated carbocycles. The van der Waals surface area contributed by atoms with Crippen molar-refractivity contribution in [3.63, 3.8) is 0 Å². The maximum atomic E-state index is 11.0. The van der Waals surface area contributed by atoms with Gasteiger partial charge in [0.25, 0.3) is 5.91 Å². The predicted molar refractivity (Wildman–Crippen MR) is 85.6 cm³/mol. The molecule has 1 amide bonds. The van der Waals surface area contributed by atoms with Gasteiger partial charge in [-0.05, 0) is 37.3 Å². The molecule has 0 bridgehead atoms. The second-order valence-corrected chi connectivity index (χ2v) is 4.73. The third kappa shape index (κ3) is 5.28. The van der Waals surface area contributed by atoms with E-state index in [1.165, 1.54) is 12.1 Å². The predicted octanol–water partition coefficient (Wildman–Crippen LogP) is 3.40. The summed E-state index contributed by atoms with van der Waals surface area (Å²) in [6.45, 7) is 1.99. The molecule has 2 aromatic carbocycles. The molecule has 4 nitrogen and oxygen atoms in total. The lowest BCUT2D eigenvalue weighted by atomic mass is 10.1. The lowest BCUT2D eigenvalue weighted by Gasteiger charge is -1.98. The number of amides is 1. The van der Waals surface area contributed by atoms with Gasteiger partial charge in [0.15, 0.2) is 0 Å². The van der Waals surface area contributed by atoms with Crippen LogP contribution in [0.5, 0.6) is 5.75 Å². The quantitative estimate of drug-likeness (QED) is 0.744. The second kappa shape index (κ2) is 8.07. The van der Waals surface area contributed by atoms with Crippen molar-refractivity contribution in [3.05, 3.63) is 64.2 Å². The Bertz CT molecular complexity index is 625. The van der Waals surface area contributed by atoms with E-state index in [0.29, 0.717) is 16.1 Å². The zero-order valence-corrected chi connectivity index (χ0v) is 12.6. The maximum Gasteiger partial charge on any atom is 0.251 e. The van der Waals surface area contributed by atoms with E-state index in [9.17, 15) is 4.79 Å². The molecule has 0 fully saturated rings. The number of hydrogen-bond acceptors (Lipinski definition) is 3. The fourth-order valence-corrected chi connectivity index (χ4v) is 1.67. The van der Waals surface area contributed by atoms with Crippen LogP contribution in [0.3, 0.4) is 0 Å². The van der Waals surface area contributed by atoms with Crippen LogP contribution in [0.25, 0.3) is 0 Å². The fourth-order valence-electron chi connectivity index (χ4n) is 1.49. The van der Waals surface area contributed by atoms with Gasteiger partial charge in [-0.25, -0.2) is 0 Å². The number of carbonyl (C=O) groups is 1. The highest BCUT2D eigenvalue weighted by atomic mass is 35.5. The summed E-state index contributed by atoms with van der Waals surface area (Å²) in [6, 6.07) is 12.0. The van der Waals surface area contributed by atoms with Gasteiger partial charge in [-0.3, -0.25) is 4.79 Å². The molecule has 0 unspecified atom stereocenters. The molecule has 0 aliphatic carbocycles. The van der Waals surface area contributed by atoms with E-state index in [1.807, 2.05) is 31.2 Å². The lowest BCUT2D eigenvalue weighted by molar-refractivity contribution is 0.0963. The summed E-state index contributed by atoms with van der Waals surface area (Å²) in [7, 11) is 1.63. The minimum Gasteiger partial charge on any atom is -0.507 e. The normalized spacial score (nSPS) is 9.29. The molecule has 0 aliphatic rings. The van der Waals surface area contributed by atoms with Crippen molar-refractivity contribution in [3.8, 4) is 5.75 Å². The summed E-state index contributed by atoms with van der Waals surface area (Å²) >= 11 is 5.58. The van der Waals surface area contributed by atoms with Crippen LogP contribution < -0.4 is 5.32 Å². The van der Waals surface area contributed by atoms with Crippen molar-refractivity contribution < 1.29 is 9.90 Å². The van der Waals surface area contributed by atoms with Gasteiger partial charge in [0, 0.05) is 29.4 Å². The number of halogens is 1. The zero-order chi connectivity index (χ0) is 15.8. The number of rotatable bonds is 2. The Morgan fingerprint density at radius 3 is 2.33 bits per heavy atom. The van der Waals surface area contributed by atoms with Crippen LogP contribution in [-0.2, 0) is 0 Å². The number of aryl methyl sites for hydroxylation is 1. The molecule has 5 heteroatoms. The SMILES string of the molecule is CNC(=O)c1ccc(C)cc1.N=Cc1cc(Cl)ccc1O. The standard InChI is InChI=1S/C9H11NO.C7H6ClNO/c1-7-3-5-8(6-4-7)9(11)10-2;8-6-1-2-7(10)5(3-6)4-9/h3-6H,1-2H3,(H,10,11);1-4,9-10H. The zero-order valence-electron chi connectivity index (χ0n) is 11.9. The Morgan fingerprint density at radius 2 is 1.86 bits per heavy atom. The Labute approximate surface area is 128 Å². The van der Waals surface area contributed by atoms with Gasteiger partial charge in [0.2, 0.25) is 0 Å². The Hall–Kier alpha value is -2.33. The minimum atomic E-state index is -0.0370. The van der Waals surface area contributed by atoms with E-state index in [0.717, 1.165) is 11.8 Å². The highest BCUT2D eigenvalue weighted by molar-refractivity contribution is 6.30. The number of nitrogens with one attached hydrogen (secondary N) is 2. The average Bonchev–Trinajstić information content (AvgIpc) is 2.50. The summed E-state index contributed by atoms with van der Waals surface area (Å²) in [5.74, 6) is 0.0457. The summed E-state index contributed by atoms with van der Waals surface area (Å²) in [5.41, 5.74) is 2.31. The third-order valence-corrected chi connectivity index (χ3v) is 2.92. The molecule has 110 valence electrons. The first kappa shape index (κ1) is 16.7. The number of phenols is 1. The van der Waals surface area contributed by atoms with Crippen LogP contribution in [0.1, 0.15) is 21.5 Å². The molecule has 0 aromatic heterocycles. The molecule has 0 heterocycles. The molecule has 0 radical (unpaired) electrons. The van der Waals surface area contributed by atoms with Crippen LogP contribution in [0.2, 0.25) is 5.02 Å². The number of phenolic OH excluding ortho intramolecular Hbond substituents is 1. The van der Waals surface area contributed by atoms with Gasteiger partial charge < -0.3 is 15.8 Å². The average molecular weight is 305 g/mol. The van der Waals surface area contributed by atoms with Crippen molar-refractivity contribution in [2.24, 2.45) is 0 Å². The monoisotopic (exact) mass is 304 g/mol. The Balaban J connectivity index is 0.000000211. The molecular weight excluding hydrogens is 288 g/mol. The van der Waals surface area contributed by atoms with Crippen molar-refractivity contribution in [2.75, 3.05) is 7.05 Å². The van der Waals surface area contributed by atoms with Crippen LogP contribution in [-0.4, -0.2) is 24.3 Å². The van der Waals surface area contributed by atoms with E-state index in [2.05, 4.69) is 5.32 Å². The smallest absolute Gasteiger partial charge is 0.251 e. The van der Waals surface area contributed by atoms with Gasteiger partial charge in [-0.1, -0.05) is 29.3 Å². The van der Waals surface area contributed by atoms with Crippen molar-refractivity contribution in [2.45, 2.75) is 6.92 Å². The van der Waals surface area contributed by atoms with Gasteiger partial charge in [0.1, 0.15) is 5.75 Å². The maximum absolute atomic E-state index is 11.0. The molecule has 2 aromatic rings. The fraction of sp³-hybridized carbons (Fsp3) is 0.125. The molecule has 21 heavy (non-hydrogen) atoms. The molecule has 0 saturated heterocycles. The Morgan fingerprint density at radius 1 is 1.24 bits per heavy atom. The first-order chi connectivity index (χ1) is 9.97. The van der Waals surface area contributed by atoms with Gasteiger partial charge in [-0.2, -0.15) is 0 Å². The highest BCUT2D eigenvalue weighted by Crippen LogP contribution is 2.18. The van der Waals surface area contributed by atoms with E-state index < -0.39 is 0 Å². The molecular formula is C16H17ClN2O2. The first-order valence-corrected chi connectivity index (χ1v) is 6.63. The highest BCUT2D eigenvalue weighted by Gasteiger charge is 1.99. The first-order valence-electron chi connectivity index (χ1n) is 6.25. The van der Waals surface area contributed by atoms with Gasteiger partial charge >= 0.3 is 0 Å². The van der Waals surface area contributed by atoms with Crippen molar-refractivity contribution in [1.82, 2.24) is 5.32 Å². The number of carbonyl (C=O) groups excluding carboxylic acids is 1. The lowest BCUT2D eigenvalue weighted by Crippen LogP contribution is -2.17. The molecule has 2 rings (SSSR count). The number of aromatic hydroxyl groups is 1. The second-order valence-electron chi connectivity index (χ2n) is 4.29. The summed E-state index contributed by atoms with van der Waals surface area (Å²) < 4.78 is 0. The molecule has 3 N–H and O–H groups in total. The van der Waals surface area contributed by atoms with Crippen LogP contribution in [0.15, 0.2) is 42.5 Å². The van der Waals surface area contributed by atoms with E-state index in [4.69, 9.17) is 22.1 Å². The van der Waals surface area contributed by atoms with Crippen LogP contribution in [0, 0.1) is 12.3 Å². The van der Waals surface area contributed by atoms with Crippen LogP contribution in [0.4, 0.5) is 0 Å². The van der Waals surface area contributed by atoms with E-state index in [1.54, 1.807) is 13.1 Å². The minimum absolute atomic E-state index is 0.0370. The number of benzene rings is 2. The van der Waals surface area contributed by atoms with Gasteiger partial charge in [-0.15, -0.1) is 0 Å². The van der Waals surface area contributed by atoms with E-state index >= 15 is 0 Å². The van der Waals surface area contributed by atoms with Crippen LogP contribution >= 0.6 is 11.6 Å². The number of hydrogen-bond donors (Lipinski definition) is 3. The largest absolute Gasteiger partial charge is 0.507 e. The van der Waals surface area contributed by atoms with E-state index in [-0.39, 0.29) is 11.7 Å². The molecule has 0 atom stereocenters. The molecule has 0 aliphatic heterocycles. The van der Waals surface area contributed by atoms with Gasteiger partial charge in [0.05, 0.1) is 0 Å². The van der Waals surface area contributed by atoms with Crippen molar-refractivity contribution >= 4 is 23.7 Å². The summed E-state index contributed by atoms with van der Waals surface area (Å²) in [6.07, 6.45) is 1.06. The van der Waals surface area contributed by atoms with Crippen molar-refractivity contribution in [1.29, 1.82) is 5.41 Å². The third-order valence-electron chi connectivity index (χ3n) is 2.69. The topological polar surface area (TPSA) is 73.2 Å². The Kier molecular flexibility index (Phi) is 6.43.